The number of benzene rings is 3. The minimum atomic E-state index is -0.765. The lowest BCUT2D eigenvalue weighted by Crippen LogP contribution is -2.48. The number of carbonyl (C=O) groups excluding carboxylic acids is 2. The van der Waals surface area contributed by atoms with E-state index in [4.69, 9.17) is 27.9 Å². The van der Waals surface area contributed by atoms with Crippen LogP contribution in [0.15, 0.2) is 71.8 Å². The van der Waals surface area contributed by atoms with Crippen molar-refractivity contribution in [3.63, 3.8) is 0 Å². The van der Waals surface area contributed by atoms with Crippen molar-refractivity contribution in [2.45, 2.75) is 33.4 Å². The molecule has 0 bridgehead atoms. The van der Waals surface area contributed by atoms with E-state index in [-0.39, 0.29) is 11.8 Å². The molecule has 3 aromatic rings. The second-order valence-electron chi connectivity index (χ2n) is 8.40. The zero-order valence-electron chi connectivity index (χ0n) is 19.7. The first-order chi connectivity index (χ1) is 16.7. The Kier molecular flexibility index (Phi) is 9.29. The Morgan fingerprint density at radius 1 is 1.00 bits per heavy atom. The topological polar surface area (TPSA) is 79.8 Å². The number of nitrogens with zero attached hydrogens (tertiary/aromatic N) is 1. The first kappa shape index (κ1) is 26.3. The van der Waals surface area contributed by atoms with Crippen LogP contribution < -0.4 is 15.5 Å². The maximum atomic E-state index is 12.8. The van der Waals surface area contributed by atoms with Gasteiger partial charge in [-0.2, -0.15) is 5.10 Å². The molecule has 2 amide bonds. The number of halogens is 2. The van der Waals surface area contributed by atoms with Gasteiger partial charge in [-0.1, -0.05) is 66.9 Å². The summed E-state index contributed by atoms with van der Waals surface area (Å²) in [6, 6.07) is 18.9. The van der Waals surface area contributed by atoms with Gasteiger partial charge in [-0.3, -0.25) is 9.59 Å². The third-order valence-electron chi connectivity index (χ3n) is 5.18. The number of hydrazone groups is 1. The molecule has 1 atom stereocenters. The van der Waals surface area contributed by atoms with Gasteiger partial charge in [-0.15, -0.1) is 0 Å². The van der Waals surface area contributed by atoms with Crippen LogP contribution >= 0.6 is 23.2 Å². The van der Waals surface area contributed by atoms with Crippen LogP contribution in [0.1, 0.15) is 40.9 Å². The highest BCUT2D eigenvalue weighted by Crippen LogP contribution is 2.23. The molecule has 35 heavy (non-hydrogen) atoms. The summed E-state index contributed by atoms with van der Waals surface area (Å²) in [6.45, 7) is 5.94. The zero-order valence-corrected chi connectivity index (χ0v) is 21.2. The molecule has 1 unspecified atom stereocenters. The number of carbonyl (C=O) groups is 2. The summed E-state index contributed by atoms with van der Waals surface area (Å²) in [4.78, 5) is 25.4. The van der Waals surface area contributed by atoms with E-state index < -0.39 is 11.9 Å². The van der Waals surface area contributed by atoms with Gasteiger partial charge in [0.2, 0.25) is 0 Å². The quantitative estimate of drug-likeness (QED) is 0.282. The molecule has 0 fully saturated rings. The fraction of sp³-hybridized carbons (Fsp3) is 0.222. The van der Waals surface area contributed by atoms with Gasteiger partial charge >= 0.3 is 0 Å². The van der Waals surface area contributed by atoms with Crippen LogP contribution in [-0.2, 0) is 11.4 Å². The number of amides is 2. The first-order valence-corrected chi connectivity index (χ1v) is 11.9. The number of nitrogens with one attached hydrogen (secondary N) is 2. The van der Waals surface area contributed by atoms with E-state index in [1.165, 1.54) is 6.21 Å². The zero-order chi connectivity index (χ0) is 25.4. The predicted molar refractivity (Wildman–Crippen MR) is 140 cm³/mol. The van der Waals surface area contributed by atoms with Crippen LogP contribution in [0, 0.1) is 12.8 Å². The molecule has 0 heterocycles. The van der Waals surface area contributed by atoms with Gasteiger partial charge in [0.25, 0.3) is 11.8 Å². The summed E-state index contributed by atoms with van der Waals surface area (Å²) < 4.78 is 5.91. The Morgan fingerprint density at radius 2 is 1.71 bits per heavy atom. The van der Waals surface area contributed by atoms with Crippen LogP contribution in [0.25, 0.3) is 0 Å². The lowest BCUT2D eigenvalue weighted by molar-refractivity contribution is -0.123. The van der Waals surface area contributed by atoms with E-state index in [9.17, 15) is 9.59 Å². The van der Waals surface area contributed by atoms with E-state index in [0.717, 1.165) is 11.1 Å². The predicted octanol–water partition coefficient (Wildman–Crippen LogP) is 5.79. The molecule has 0 saturated carbocycles. The van der Waals surface area contributed by atoms with Gasteiger partial charge in [0, 0.05) is 21.2 Å². The Hall–Kier alpha value is -3.35. The van der Waals surface area contributed by atoms with Crippen molar-refractivity contribution in [1.29, 1.82) is 0 Å². The second kappa shape index (κ2) is 12.4. The van der Waals surface area contributed by atoms with Crippen molar-refractivity contribution < 1.29 is 14.3 Å². The van der Waals surface area contributed by atoms with E-state index in [1.807, 2.05) is 51.1 Å². The van der Waals surface area contributed by atoms with E-state index >= 15 is 0 Å². The second-order valence-corrected chi connectivity index (χ2v) is 9.27. The molecule has 0 aliphatic heterocycles. The molecular formula is C27H27Cl2N3O3. The Labute approximate surface area is 215 Å². The Balaban J connectivity index is 1.66. The first-order valence-electron chi connectivity index (χ1n) is 11.1. The van der Waals surface area contributed by atoms with Gasteiger partial charge in [-0.25, -0.2) is 5.43 Å². The summed E-state index contributed by atoms with van der Waals surface area (Å²) in [5.41, 5.74) is 5.54. The van der Waals surface area contributed by atoms with Crippen LogP contribution in [0.3, 0.4) is 0 Å². The number of hydrogen-bond donors (Lipinski definition) is 2. The lowest BCUT2D eigenvalue weighted by Gasteiger charge is -2.20. The molecule has 0 saturated heterocycles. The number of ether oxygens (including phenoxy) is 1. The molecule has 3 aromatic carbocycles. The minimum Gasteiger partial charge on any atom is -0.488 e. The summed E-state index contributed by atoms with van der Waals surface area (Å²) in [5.74, 6) is -0.364. The molecule has 0 radical (unpaired) electrons. The third-order valence-corrected chi connectivity index (χ3v) is 5.65. The minimum absolute atomic E-state index is 0.151. The van der Waals surface area contributed by atoms with Crippen LogP contribution in [0.4, 0.5) is 0 Å². The van der Waals surface area contributed by atoms with E-state index in [2.05, 4.69) is 15.8 Å². The molecule has 3 rings (SSSR count). The van der Waals surface area contributed by atoms with Crippen LogP contribution in [-0.4, -0.2) is 24.1 Å². The fourth-order valence-corrected chi connectivity index (χ4v) is 3.63. The summed E-state index contributed by atoms with van der Waals surface area (Å²) in [7, 11) is 0. The number of hydrogen-bond acceptors (Lipinski definition) is 4. The maximum absolute atomic E-state index is 12.8. The van der Waals surface area contributed by atoms with E-state index in [1.54, 1.807) is 36.4 Å². The lowest BCUT2D eigenvalue weighted by atomic mass is 10.0. The number of aryl methyl sites for hydroxylation is 1. The van der Waals surface area contributed by atoms with Crippen molar-refractivity contribution in [2.75, 3.05) is 0 Å². The molecule has 0 aliphatic rings. The SMILES string of the molecule is Cc1ccc(C(=O)NC(C(=O)N/N=C\c2cc(Cl)ccc2OCc2cccc(Cl)c2)C(C)C)cc1. The van der Waals surface area contributed by atoms with E-state index in [0.29, 0.717) is 33.5 Å². The average Bonchev–Trinajstić information content (AvgIpc) is 2.82. The Bertz CT molecular complexity index is 1210. The third kappa shape index (κ3) is 7.84. The van der Waals surface area contributed by atoms with Crippen molar-refractivity contribution in [3.8, 4) is 5.75 Å². The van der Waals surface area contributed by atoms with Crippen molar-refractivity contribution in [3.05, 3.63) is 99.0 Å². The highest BCUT2D eigenvalue weighted by Gasteiger charge is 2.24. The van der Waals surface area contributed by atoms with Gasteiger partial charge in [-0.05, 0) is 60.9 Å². The molecule has 8 heteroatoms. The maximum Gasteiger partial charge on any atom is 0.262 e. The van der Waals surface area contributed by atoms with Gasteiger partial charge in [0.1, 0.15) is 18.4 Å². The molecule has 6 nitrogen and oxygen atoms in total. The fourth-order valence-electron chi connectivity index (χ4n) is 3.24. The number of rotatable bonds is 9. The smallest absolute Gasteiger partial charge is 0.262 e. The largest absolute Gasteiger partial charge is 0.488 e. The van der Waals surface area contributed by atoms with Crippen molar-refractivity contribution >= 4 is 41.2 Å². The van der Waals surface area contributed by atoms with Gasteiger partial charge < -0.3 is 10.1 Å². The normalized spacial score (nSPS) is 11.9. The highest BCUT2D eigenvalue weighted by molar-refractivity contribution is 6.31. The monoisotopic (exact) mass is 511 g/mol. The van der Waals surface area contributed by atoms with Crippen LogP contribution in [0.5, 0.6) is 5.75 Å². The molecule has 0 aromatic heterocycles. The molecule has 0 spiro atoms. The van der Waals surface area contributed by atoms with Crippen molar-refractivity contribution in [1.82, 2.24) is 10.7 Å². The Morgan fingerprint density at radius 3 is 2.40 bits per heavy atom. The molecule has 0 aliphatic carbocycles. The highest BCUT2D eigenvalue weighted by atomic mass is 35.5. The molecule has 2 N–H and O–H groups in total. The summed E-state index contributed by atoms with van der Waals surface area (Å²) in [5, 5.41) is 7.98. The van der Waals surface area contributed by atoms with Gasteiger partial charge in [0.15, 0.2) is 0 Å². The average molecular weight is 512 g/mol. The van der Waals surface area contributed by atoms with Crippen molar-refractivity contribution in [2.24, 2.45) is 11.0 Å². The van der Waals surface area contributed by atoms with Crippen LogP contribution in [0.2, 0.25) is 10.0 Å². The molecule has 182 valence electrons. The summed E-state index contributed by atoms with van der Waals surface area (Å²) >= 11 is 12.2. The van der Waals surface area contributed by atoms with Gasteiger partial charge in [0.05, 0.1) is 6.21 Å². The molecular weight excluding hydrogens is 485 g/mol. The standard InChI is InChI=1S/C27H27Cl2N3O3/c1-17(2)25(31-26(33)20-9-7-18(3)8-10-20)27(34)32-30-15-21-14-23(29)11-12-24(21)35-16-19-5-4-6-22(28)13-19/h4-15,17,25H,16H2,1-3H3,(H,31,33)(H,32,34)/b30-15-. The summed E-state index contributed by atoms with van der Waals surface area (Å²) in [6.07, 6.45) is 1.45.